The smallest absolute Gasteiger partial charge is 0.273 e. The molecule has 20 heavy (non-hydrogen) atoms. The van der Waals surface area contributed by atoms with E-state index < -0.39 is 0 Å². The van der Waals surface area contributed by atoms with E-state index in [2.05, 4.69) is 10.5 Å². The molecule has 1 amide bonds. The van der Waals surface area contributed by atoms with Crippen LogP contribution in [0.2, 0.25) is 0 Å². The summed E-state index contributed by atoms with van der Waals surface area (Å²) in [7, 11) is 1.56. The van der Waals surface area contributed by atoms with Crippen molar-refractivity contribution in [3.63, 3.8) is 0 Å². The van der Waals surface area contributed by atoms with E-state index in [1.54, 1.807) is 13.2 Å². The zero-order valence-electron chi connectivity index (χ0n) is 11.5. The fraction of sp³-hybridized carbons (Fsp3) is 0.714. The van der Waals surface area contributed by atoms with Gasteiger partial charge in [-0.1, -0.05) is 5.16 Å². The molecule has 6 heteroatoms. The Morgan fingerprint density at radius 3 is 3.10 bits per heavy atom. The Labute approximate surface area is 117 Å². The van der Waals surface area contributed by atoms with Crippen LogP contribution in [-0.2, 0) is 11.3 Å². The van der Waals surface area contributed by atoms with E-state index in [9.17, 15) is 9.90 Å². The first-order valence-electron chi connectivity index (χ1n) is 7.09. The van der Waals surface area contributed by atoms with E-state index in [0.29, 0.717) is 24.2 Å². The second-order valence-corrected chi connectivity index (χ2v) is 5.79. The lowest BCUT2D eigenvalue weighted by molar-refractivity contribution is 0.0852. The van der Waals surface area contributed by atoms with Crippen molar-refractivity contribution in [2.45, 2.75) is 31.9 Å². The van der Waals surface area contributed by atoms with E-state index in [1.807, 2.05) is 0 Å². The van der Waals surface area contributed by atoms with Crippen LogP contribution in [0.25, 0.3) is 0 Å². The number of rotatable bonds is 5. The van der Waals surface area contributed by atoms with Crippen LogP contribution in [0.4, 0.5) is 0 Å². The van der Waals surface area contributed by atoms with E-state index in [-0.39, 0.29) is 30.2 Å². The van der Waals surface area contributed by atoms with Gasteiger partial charge in [0.05, 0.1) is 0 Å². The van der Waals surface area contributed by atoms with Gasteiger partial charge in [-0.05, 0) is 31.1 Å². The number of aliphatic hydroxyl groups excluding tert-OH is 1. The third-order valence-corrected chi connectivity index (χ3v) is 4.68. The first-order valence-corrected chi connectivity index (χ1v) is 7.09. The van der Waals surface area contributed by atoms with Gasteiger partial charge < -0.3 is 19.7 Å². The second kappa shape index (κ2) is 5.54. The highest BCUT2D eigenvalue weighted by molar-refractivity contribution is 5.92. The maximum absolute atomic E-state index is 12.2. The molecule has 4 unspecified atom stereocenters. The molecule has 1 aromatic rings. The number of hydrogen-bond donors (Lipinski definition) is 2. The number of fused-ring (bicyclic) bond motifs is 2. The molecule has 2 fully saturated rings. The molecule has 0 aliphatic heterocycles. The molecule has 1 aromatic heterocycles. The molecule has 2 saturated carbocycles. The van der Waals surface area contributed by atoms with Crippen molar-refractivity contribution in [3.05, 3.63) is 17.5 Å². The third-order valence-electron chi connectivity index (χ3n) is 4.68. The minimum absolute atomic E-state index is 0.0637. The molecule has 0 radical (unpaired) electrons. The Morgan fingerprint density at radius 2 is 2.35 bits per heavy atom. The van der Waals surface area contributed by atoms with Crippen molar-refractivity contribution >= 4 is 5.91 Å². The molecule has 1 heterocycles. The molecule has 4 atom stereocenters. The number of amides is 1. The molecule has 6 nitrogen and oxygen atoms in total. The Hall–Kier alpha value is -1.40. The lowest BCUT2D eigenvalue weighted by Gasteiger charge is -2.30. The van der Waals surface area contributed by atoms with Gasteiger partial charge in [-0.25, -0.2) is 0 Å². The first-order chi connectivity index (χ1) is 9.72. The molecule has 2 N–H and O–H groups in total. The van der Waals surface area contributed by atoms with Crippen molar-refractivity contribution in [1.29, 1.82) is 0 Å². The van der Waals surface area contributed by atoms with E-state index in [1.165, 1.54) is 6.42 Å². The molecule has 3 rings (SSSR count). The van der Waals surface area contributed by atoms with Crippen molar-refractivity contribution in [2.75, 3.05) is 13.7 Å². The zero-order chi connectivity index (χ0) is 14.1. The fourth-order valence-corrected chi connectivity index (χ4v) is 3.75. The van der Waals surface area contributed by atoms with Crippen LogP contribution >= 0.6 is 0 Å². The summed E-state index contributed by atoms with van der Waals surface area (Å²) in [5, 5.41) is 16.3. The van der Waals surface area contributed by atoms with Crippen LogP contribution in [0.3, 0.4) is 0 Å². The average Bonchev–Trinajstić information content (AvgIpc) is 3.13. The predicted octanol–water partition coefficient (Wildman–Crippen LogP) is 0.958. The van der Waals surface area contributed by atoms with Crippen molar-refractivity contribution in [1.82, 2.24) is 10.5 Å². The number of carbonyl (C=O) groups excluding carboxylic acids is 1. The monoisotopic (exact) mass is 280 g/mol. The maximum Gasteiger partial charge on any atom is 0.273 e. The summed E-state index contributed by atoms with van der Waals surface area (Å²) >= 11 is 0. The van der Waals surface area contributed by atoms with Crippen LogP contribution in [0.5, 0.6) is 0 Å². The highest BCUT2D eigenvalue weighted by atomic mass is 16.5. The van der Waals surface area contributed by atoms with Gasteiger partial charge in [0.2, 0.25) is 0 Å². The highest BCUT2D eigenvalue weighted by Crippen LogP contribution is 2.48. The SMILES string of the molecule is COCc1cc(C(=O)NC2C3CCC(C3)C2CO)no1. The van der Waals surface area contributed by atoms with Crippen molar-refractivity contribution < 1.29 is 19.2 Å². The van der Waals surface area contributed by atoms with Crippen LogP contribution in [-0.4, -0.2) is 35.9 Å². The lowest BCUT2D eigenvalue weighted by Crippen LogP contribution is -2.45. The number of nitrogens with one attached hydrogen (secondary N) is 1. The van der Waals surface area contributed by atoms with Gasteiger partial charge in [0.1, 0.15) is 6.61 Å². The molecule has 2 aliphatic carbocycles. The van der Waals surface area contributed by atoms with Gasteiger partial charge >= 0.3 is 0 Å². The van der Waals surface area contributed by atoms with E-state index in [0.717, 1.165) is 12.8 Å². The summed E-state index contributed by atoms with van der Waals surface area (Å²) < 4.78 is 9.95. The van der Waals surface area contributed by atoms with Crippen LogP contribution in [0.1, 0.15) is 35.5 Å². The van der Waals surface area contributed by atoms with Crippen LogP contribution < -0.4 is 5.32 Å². The van der Waals surface area contributed by atoms with Gasteiger partial charge in [-0.15, -0.1) is 0 Å². The minimum atomic E-state index is -0.230. The molecule has 2 bridgehead atoms. The minimum Gasteiger partial charge on any atom is -0.396 e. The number of nitrogens with zero attached hydrogens (tertiary/aromatic N) is 1. The van der Waals surface area contributed by atoms with Crippen molar-refractivity contribution in [3.8, 4) is 0 Å². The normalized spacial score (nSPS) is 31.7. The van der Waals surface area contributed by atoms with Gasteiger partial charge in [-0.3, -0.25) is 4.79 Å². The van der Waals surface area contributed by atoms with E-state index in [4.69, 9.17) is 9.26 Å². The predicted molar refractivity (Wildman–Crippen MR) is 69.9 cm³/mol. The summed E-state index contributed by atoms with van der Waals surface area (Å²) in [4.78, 5) is 12.2. The topological polar surface area (TPSA) is 84.6 Å². The summed E-state index contributed by atoms with van der Waals surface area (Å²) in [5.74, 6) is 1.53. The average molecular weight is 280 g/mol. The van der Waals surface area contributed by atoms with Crippen LogP contribution in [0.15, 0.2) is 10.6 Å². The molecular formula is C14H20N2O4. The lowest BCUT2D eigenvalue weighted by atomic mass is 9.85. The molecule has 0 saturated heterocycles. The third kappa shape index (κ3) is 2.33. The number of aromatic nitrogens is 1. The summed E-state index contributed by atoms with van der Waals surface area (Å²) in [5.41, 5.74) is 0.275. The van der Waals surface area contributed by atoms with Crippen LogP contribution in [0, 0.1) is 17.8 Å². The molecule has 110 valence electrons. The molecule has 2 aliphatic rings. The Balaban J connectivity index is 1.66. The largest absolute Gasteiger partial charge is 0.396 e. The van der Waals surface area contributed by atoms with E-state index >= 15 is 0 Å². The zero-order valence-corrected chi connectivity index (χ0v) is 11.5. The summed E-state index contributed by atoms with van der Waals surface area (Å²) in [6.45, 7) is 0.438. The highest BCUT2D eigenvalue weighted by Gasteiger charge is 2.47. The second-order valence-electron chi connectivity index (χ2n) is 5.79. The Bertz CT molecular complexity index is 487. The van der Waals surface area contributed by atoms with Crippen molar-refractivity contribution in [2.24, 2.45) is 17.8 Å². The van der Waals surface area contributed by atoms with Gasteiger partial charge in [0.15, 0.2) is 11.5 Å². The Kier molecular flexibility index (Phi) is 3.76. The standard InChI is InChI=1S/C14H20N2O4/c1-19-7-10-5-12(16-20-10)14(18)15-13-9-3-2-8(4-9)11(13)6-17/h5,8-9,11,13,17H,2-4,6-7H2,1H3,(H,15,18). The molecular weight excluding hydrogens is 260 g/mol. The number of aliphatic hydroxyl groups is 1. The fourth-order valence-electron chi connectivity index (χ4n) is 3.75. The number of carbonyl (C=O) groups is 1. The van der Waals surface area contributed by atoms with Gasteiger partial charge in [-0.2, -0.15) is 0 Å². The maximum atomic E-state index is 12.2. The summed E-state index contributed by atoms with van der Waals surface area (Å²) in [6.07, 6.45) is 3.42. The van der Waals surface area contributed by atoms with Gasteiger partial charge in [0.25, 0.3) is 5.91 Å². The summed E-state index contributed by atoms with van der Waals surface area (Å²) in [6, 6.07) is 1.66. The number of hydrogen-bond acceptors (Lipinski definition) is 5. The quantitative estimate of drug-likeness (QED) is 0.839. The van der Waals surface area contributed by atoms with Gasteiger partial charge in [0, 0.05) is 31.7 Å². The number of methoxy groups -OCH3 is 1. The molecule has 0 spiro atoms. The Morgan fingerprint density at radius 1 is 1.55 bits per heavy atom. The first kappa shape index (κ1) is 13.6. The number of ether oxygens (including phenoxy) is 1. The molecule has 0 aromatic carbocycles.